The molecular weight excluding hydrogens is 346 g/mol. The first-order chi connectivity index (χ1) is 13.8. The average molecular weight is 380 g/mol. The third-order valence-corrected chi connectivity index (χ3v) is 5.79. The van der Waals surface area contributed by atoms with Gasteiger partial charge in [0.05, 0.1) is 6.61 Å². The minimum atomic E-state index is 0.00760. The van der Waals surface area contributed by atoms with Gasteiger partial charge in [0.2, 0.25) is 0 Å². The molecule has 3 nitrogen and oxygen atoms in total. The van der Waals surface area contributed by atoms with Crippen LogP contribution in [0.15, 0.2) is 54.6 Å². The van der Waals surface area contributed by atoms with Gasteiger partial charge in [0, 0.05) is 12.1 Å². The molecule has 2 aromatic carbocycles. The Morgan fingerprint density at radius 3 is 2.54 bits per heavy atom. The highest BCUT2D eigenvalue weighted by atomic mass is 16.5. The van der Waals surface area contributed by atoms with Crippen molar-refractivity contribution in [2.45, 2.75) is 57.8 Å². The summed E-state index contributed by atoms with van der Waals surface area (Å²) in [5.74, 6) is 1.93. The van der Waals surface area contributed by atoms with Gasteiger partial charge in [-0.25, -0.2) is 0 Å². The summed E-state index contributed by atoms with van der Waals surface area (Å²) < 4.78 is 5.76. The normalized spacial score (nSPS) is 18.8. The molecule has 2 aromatic rings. The number of benzene rings is 2. The Morgan fingerprint density at radius 1 is 1.00 bits per heavy atom. The molecule has 0 saturated heterocycles. The second kappa shape index (κ2) is 10.9. The predicted octanol–water partition coefficient (Wildman–Crippen LogP) is 5.96. The summed E-state index contributed by atoms with van der Waals surface area (Å²) in [4.78, 5) is 12.5. The number of carbonyl (C=O) groups excluding carboxylic acids is 1. The number of nitrogens with one attached hydrogen (secondary N) is 1. The lowest BCUT2D eigenvalue weighted by Gasteiger charge is -2.20. The Labute approximate surface area is 169 Å². The zero-order valence-corrected chi connectivity index (χ0v) is 17.0. The molecular formula is C25H33NO2. The first-order valence-corrected chi connectivity index (χ1v) is 10.8. The zero-order valence-electron chi connectivity index (χ0n) is 17.0. The molecule has 1 amide bonds. The van der Waals surface area contributed by atoms with Crippen LogP contribution in [0.3, 0.4) is 0 Å². The Hall–Kier alpha value is -2.29. The Balaban J connectivity index is 1.45. The van der Waals surface area contributed by atoms with Crippen molar-refractivity contribution < 1.29 is 9.53 Å². The smallest absolute Gasteiger partial charge is 0.251 e. The summed E-state index contributed by atoms with van der Waals surface area (Å²) in [7, 11) is 0. The van der Waals surface area contributed by atoms with Crippen LogP contribution in [0, 0.1) is 5.92 Å². The second-order valence-corrected chi connectivity index (χ2v) is 7.85. The SMILES string of the molecule is CCCCCCOc1ccc(C(=O)NC[C@@H]2CCC[C@@H]2c2ccccc2)cc1. The molecule has 0 bridgehead atoms. The summed E-state index contributed by atoms with van der Waals surface area (Å²) in [5, 5.41) is 3.15. The largest absolute Gasteiger partial charge is 0.494 e. The fourth-order valence-electron chi connectivity index (χ4n) is 4.17. The molecule has 0 spiro atoms. The van der Waals surface area contributed by atoms with Gasteiger partial charge in [-0.3, -0.25) is 4.79 Å². The number of unbranched alkanes of at least 4 members (excludes halogenated alkanes) is 3. The van der Waals surface area contributed by atoms with Crippen LogP contribution in [-0.2, 0) is 0 Å². The maximum absolute atomic E-state index is 12.5. The van der Waals surface area contributed by atoms with Crippen LogP contribution in [-0.4, -0.2) is 19.1 Å². The van der Waals surface area contributed by atoms with Gasteiger partial charge in [-0.2, -0.15) is 0 Å². The van der Waals surface area contributed by atoms with E-state index in [1.807, 2.05) is 24.3 Å². The Morgan fingerprint density at radius 2 is 1.79 bits per heavy atom. The number of carbonyl (C=O) groups is 1. The number of rotatable bonds is 10. The van der Waals surface area contributed by atoms with E-state index in [-0.39, 0.29) is 5.91 Å². The van der Waals surface area contributed by atoms with Gasteiger partial charge in [0.1, 0.15) is 5.75 Å². The van der Waals surface area contributed by atoms with Crippen molar-refractivity contribution in [1.82, 2.24) is 5.32 Å². The van der Waals surface area contributed by atoms with E-state index in [0.29, 0.717) is 17.4 Å². The summed E-state index contributed by atoms with van der Waals surface area (Å²) in [6, 6.07) is 18.2. The van der Waals surface area contributed by atoms with Crippen LogP contribution in [0.4, 0.5) is 0 Å². The van der Waals surface area contributed by atoms with E-state index in [1.54, 1.807) is 0 Å². The highest BCUT2D eigenvalue weighted by molar-refractivity contribution is 5.94. The lowest BCUT2D eigenvalue weighted by Crippen LogP contribution is -2.30. The molecule has 3 rings (SSSR count). The van der Waals surface area contributed by atoms with Crippen LogP contribution in [0.5, 0.6) is 5.75 Å². The molecule has 2 atom stereocenters. The van der Waals surface area contributed by atoms with Crippen molar-refractivity contribution in [2.75, 3.05) is 13.2 Å². The minimum absolute atomic E-state index is 0.00760. The lowest BCUT2D eigenvalue weighted by atomic mass is 9.89. The van der Waals surface area contributed by atoms with Crippen molar-refractivity contribution >= 4 is 5.91 Å². The molecule has 1 saturated carbocycles. The van der Waals surface area contributed by atoms with Gasteiger partial charge in [-0.05, 0) is 60.9 Å². The van der Waals surface area contributed by atoms with E-state index in [1.165, 1.54) is 44.1 Å². The minimum Gasteiger partial charge on any atom is -0.494 e. The van der Waals surface area contributed by atoms with Gasteiger partial charge in [0.25, 0.3) is 5.91 Å². The van der Waals surface area contributed by atoms with Gasteiger partial charge in [-0.1, -0.05) is 62.9 Å². The molecule has 0 heterocycles. The zero-order chi connectivity index (χ0) is 19.6. The van der Waals surface area contributed by atoms with Crippen LogP contribution in [0.1, 0.15) is 73.7 Å². The summed E-state index contributed by atoms with van der Waals surface area (Å²) in [6.45, 7) is 3.70. The molecule has 3 heteroatoms. The molecule has 0 radical (unpaired) electrons. The van der Waals surface area contributed by atoms with Gasteiger partial charge >= 0.3 is 0 Å². The predicted molar refractivity (Wildman–Crippen MR) is 115 cm³/mol. The third kappa shape index (κ3) is 5.85. The van der Waals surface area contributed by atoms with Crippen LogP contribution >= 0.6 is 0 Å². The van der Waals surface area contributed by atoms with Gasteiger partial charge < -0.3 is 10.1 Å². The van der Waals surface area contributed by atoms with Crippen molar-refractivity contribution in [3.63, 3.8) is 0 Å². The molecule has 1 aliphatic rings. The quantitative estimate of drug-likeness (QED) is 0.517. The van der Waals surface area contributed by atoms with Crippen molar-refractivity contribution in [2.24, 2.45) is 5.92 Å². The van der Waals surface area contributed by atoms with Crippen LogP contribution in [0.25, 0.3) is 0 Å². The summed E-state index contributed by atoms with van der Waals surface area (Å²) >= 11 is 0. The standard InChI is InChI=1S/C25H33NO2/c1-2-3-4-8-18-28-23-16-14-21(15-17-23)25(27)26-19-22-12-9-13-24(22)20-10-6-5-7-11-20/h5-7,10-11,14-17,22,24H,2-4,8-9,12-13,18-19H2,1H3,(H,26,27)/t22-,24+/m0/s1. The highest BCUT2D eigenvalue weighted by Crippen LogP contribution is 2.39. The number of hydrogen-bond donors (Lipinski definition) is 1. The molecule has 0 unspecified atom stereocenters. The maximum atomic E-state index is 12.5. The number of hydrogen-bond acceptors (Lipinski definition) is 2. The second-order valence-electron chi connectivity index (χ2n) is 7.85. The van der Waals surface area contributed by atoms with Gasteiger partial charge in [0.15, 0.2) is 0 Å². The third-order valence-electron chi connectivity index (χ3n) is 5.79. The molecule has 0 aliphatic heterocycles. The van der Waals surface area contributed by atoms with Crippen LogP contribution < -0.4 is 10.1 Å². The van der Waals surface area contributed by atoms with Crippen molar-refractivity contribution in [3.05, 3.63) is 65.7 Å². The fourth-order valence-corrected chi connectivity index (χ4v) is 4.17. The number of amides is 1. The highest BCUT2D eigenvalue weighted by Gasteiger charge is 2.28. The molecule has 150 valence electrons. The summed E-state index contributed by atoms with van der Waals surface area (Å²) in [6.07, 6.45) is 8.43. The van der Waals surface area contributed by atoms with Crippen molar-refractivity contribution in [3.8, 4) is 5.75 Å². The molecule has 1 aliphatic carbocycles. The Kier molecular flexibility index (Phi) is 7.95. The molecule has 1 fully saturated rings. The van der Waals surface area contributed by atoms with Crippen LogP contribution in [0.2, 0.25) is 0 Å². The fraction of sp³-hybridized carbons (Fsp3) is 0.480. The summed E-state index contributed by atoms with van der Waals surface area (Å²) in [5.41, 5.74) is 2.10. The molecule has 1 N–H and O–H groups in total. The average Bonchev–Trinajstić information content (AvgIpc) is 3.21. The monoisotopic (exact) mass is 379 g/mol. The Bertz CT molecular complexity index is 711. The van der Waals surface area contributed by atoms with E-state index in [2.05, 4.69) is 42.6 Å². The molecule has 28 heavy (non-hydrogen) atoms. The maximum Gasteiger partial charge on any atom is 0.251 e. The lowest BCUT2D eigenvalue weighted by molar-refractivity contribution is 0.0946. The van der Waals surface area contributed by atoms with E-state index < -0.39 is 0 Å². The van der Waals surface area contributed by atoms with Crippen molar-refractivity contribution in [1.29, 1.82) is 0 Å². The first kappa shape index (κ1) is 20.4. The van der Waals surface area contributed by atoms with Gasteiger partial charge in [-0.15, -0.1) is 0 Å². The molecule has 0 aromatic heterocycles. The van der Waals surface area contributed by atoms with E-state index >= 15 is 0 Å². The topological polar surface area (TPSA) is 38.3 Å². The first-order valence-electron chi connectivity index (χ1n) is 10.8. The van der Waals surface area contributed by atoms with E-state index in [9.17, 15) is 4.79 Å². The number of ether oxygens (including phenoxy) is 1. The van der Waals surface area contributed by atoms with E-state index in [0.717, 1.165) is 25.3 Å². The van der Waals surface area contributed by atoms with E-state index in [4.69, 9.17) is 4.74 Å².